The smallest absolute Gasteiger partial charge is 0.227 e. The molecule has 1 aromatic rings. The quantitative estimate of drug-likeness (QED) is 0.765. The summed E-state index contributed by atoms with van der Waals surface area (Å²) < 4.78 is 31.3. The van der Waals surface area contributed by atoms with Crippen LogP contribution in [0.25, 0.3) is 0 Å². The molecule has 1 heterocycles. The number of hydrogen-bond donors (Lipinski definition) is 1. The molecule has 1 fully saturated rings. The van der Waals surface area contributed by atoms with Crippen molar-refractivity contribution in [1.82, 2.24) is 4.31 Å². The number of nitrogens with zero attached hydrogens (tertiary/aromatic N) is 1. The van der Waals surface area contributed by atoms with Crippen LogP contribution in [0.15, 0.2) is 24.3 Å². The normalized spacial score (nSPS) is 16.6. The van der Waals surface area contributed by atoms with Crippen LogP contribution >= 0.6 is 0 Å². The van der Waals surface area contributed by atoms with Crippen molar-refractivity contribution in [2.45, 2.75) is 39.5 Å². The van der Waals surface area contributed by atoms with Gasteiger partial charge in [-0.05, 0) is 50.5 Å². The van der Waals surface area contributed by atoms with E-state index in [1.54, 1.807) is 0 Å². The molecular weight excluding hydrogens is 340 g/mol. The van der Waals surface area contributed by atoms with E-state index in [1.165, 1.54) is 4.31 Å². The largest absolute Gasteiger partial charge is 0.494 e. The van der Waals surface area contributed by atoms with Gasteiger partial charge in [-0.3, -0.25) is 4.79 Å². The minimum absolute atomic E-state index is 0.0465. The summed E-state index contributed by atoms with van der Waals surface area (Å²) in [6.45, 7) is 5.35. The zero-order valence-corrected chi connectivity index (χ0v) is 15.8. The summed E-state index contributed by atoms with van der Waals surface area (Å²) in [7, 11) is -3.18. The number of carbonyl (C=O) groups excluding carboxylic acids is 1. The lowest BCUT2D eigenvalue weighted by atomic mass is 9.97. The highest BCUT2D eigenvalue weighted by molar-refractivity contribution is 7.89. The molecule has 1 aliphatic heterocycles. The van der Waals surface area contributed by atoms with Crippen LogP contribution in [0, 0.1) is 5.92 Å². The van der Waals surface area contributed by atoms with E-state index >= 15 is 0 Å². The van der Waals surface area contributed by atoms with Crippen LogP contribution in [0.4, 0.5) is 5.69 Å². The molecule has 2 rings (SSSR count). The Morgan fingerprint density at radius 1 is 1.20 bits per heavy atom. The molecule has 0 unspecified atom stereocenters. The first-order valence-electron chi connectivity index (χ1n) is 8.97. The number of ether oxygens (including phenoxy) is 1. The highest BCUT2D eigenvalue weighted by Crippen LogP contribution is 2.23. The number of anilines is 1. The third kappa shape index (κ3) is 5.71. The zero-order valence-electron chi connectivity index (χ0n) is 15.0. The van der Waals surface area contributed by atoms with E-state index in [9.17, 15) is 13.2 Å². The van der Waals surface area contributed by atoms with Gasteiger partial charge in [-0.2, -0.15) is 0 Å². The number of carbonyl (C=O) groups is 1. The Balaban J connectivity index is 1.84. The van der Waals surface area contributed by atoms with Crippen LogP contribution in [0.3, 0.4) is 0 Å². The van der Waals surface area contributed by atoms with E-state index in [4.69, 9.17) is 4.74 Å². The number of rotatable bonds is 8. The molecule has 0 saturated carbocycles. The third-order valence-electron chi connectivity index (χ3n) is 4.41. The molecule has 1 N–H and O–H groups in total. The predicted octanol–water partition coefficient (Wildman–Crippen LogP) is 2.87. The minimum atomic E-state index is -3.18. The van der Waals surface area contributed by atoms with Gasteiger partial charge < -0.3 is 10.1 Å². The maximum Gasteiger partial charge on any atom is 0.227 e. The Labute approximate surface area is 150 Å². The standard InChI is InChI=1S/C18H28N2O4S/c1-3-5-14-25(22,23)20-12-10-15(11-13-20)18(21)19-16-6-8-17(9-7-16)24-4-2/h6-9,15H,3-5,10-14H2,1-2H3,(H,19,21). The van der Waals surface area contributed by atoms with Crippen LogP contribution in [0.5, 0.6) is 5.75 Å². The van der Waals surface area contributed by atoms with Crippen LogP contribution in [0.2, 0.25) is 0 Å². The lowest BCUT2D eigenvalue weighted by Crippen LogP contribution is -2.42. The summed E-state index contributed by atoms with van der Waals surface area (Å²) in [5, 5.41) is 2.91. The highest BCUT2D eigenvalue weighted by Gasteiger charge is 2.30. The molecule has 25 heavy (non-hydrogen) atoms. The monoisotopic (exact) mass is 368 g/mol. The van der Waals surface area contributed by atoms with Gasteiger partial charge in [0.25, 0.3) is 0 Å². The Kier molecular flexibility index (Phi) is 7.25. The average molecular weight is 368 g/mol. The second-order valence-electron chi connectivity index (χ2n) is 6.29. The molecule has 6 nitrogen and oxygen atoms in total. The first-order valence-corrected chi connectivity index (χ1v) is 10.6. The van der Waals surface area contributed by atoms with E-state index in [1.807, 2.05) is 38.1 Å². The Hall–Kier alpha value is -1.60. The molecule has 0 spiro atoms. The molecule has 0 radical (unpaired) electrons. The minimum Gasteiger partial charge on any atom is -0.494 e. The summed E-state index contributed by atoms with van der Waals surface area (Å²) >= 11 is 0. The molecular formula is C18H28N2O4S. The number of sulfonamides is 1. The molecule has 140 valence electrons. The summed E-state index contributed by atoms with van der Waals surface area (Å²) in [6.07, 6.45) is 2.67. The van der Waals surface area contributed by atoms with E-state index in [0.717, 1.165) is 17.9 Å². The van der Waals surface area contributed by atoms with Crippen LogP contribution in [-0.4, -0.2) is 44.1 Å². The lowest BCUT2D eigenvalue weighted by Gasteiger charge is -2.30. The van der Waals surface area contributed by atoms with Crippen molar-refractivity contribution in [3.8, 4) is 5.75 Å². The maximum absolute atomic E-state index is 12.4. The number of piperidine rings is 1. The van der Waals surface area contributed by atoms with Gasteiger partial charge in [-0.25, -0.2) is 12.7 Å². The van der Waals surface area contributed by atoms with Crippen molar-refractivity contribution in [3.63, 3.8) is 0 Å². The molecule has 0 atom stereocenters. The van der Waals surface area contributed by atoms with Gasteiger partial charge >= 0.3 is 0 Å². The van der Waals surface area contributed by atoms with E-state index < -0.39 is 10.0 Å². The Bertz CT molecular complexity index is 650. The first kappa shape index (κ1) is 19.7. The number of amides is 1. The Morgan fingerprint density at radius 2 is 1.84 bits per heavy atom. The van der Waals surface area contributed by atoms with E-state index in [0.29, 0.717) is 39.0 Å². The number of benzene rings is 1. The van der Waals surface area contributed by atoms with Gasteiger partial charge in [-0.15, -0.1) is 0 Å². The van der Waals surface area contributed by atoms with Gasteiger partial charge in [0.2, 0.25) is 15.9 Å². The van der Waals surface area contributed by atoms with Gasteiger partial charge in [0, 0.05) is 24.7 Å². The molecule has 1 saturated heterocycles. The van der Waals surface area contributed by atoms with Gasteiger partial charge in [0.05, 0.1) is 12.4 Å². The summed E-state index contributed by atoms with van der Waals surface area (Å²) in [4.78, 5) is 12.4. The molecule has 0 aromatic heterocycles. The van der Waals surface area contributed by atoms with Crippen molar-refractivity contribution in [3.05, 3.63) is 24.3 Å². The van der Waals surface area contributed by atoms with Crippen molar-refractivity contribution < 1.29 is 17.9 Å². The molecule has 0 aliphatic carbocycles. The number of nitrogens with one attached hydrogen (secondary N) is 1. The summed E-state index contributed by atoms with van der Waals surface area (Å²) in [5.41, 5.74) is 0.728. The molecule has 1 aliphatic rings. The van der Waals surface area contributed by atoms with E-state index in [2.05, 4.69) is 5.32 Å². The Morgan fingerprint density at radius 3 is 2.40 bits per heavy atom. The fourth-order valence-corrected chi connectivity index (χ4v) is 4.58. The van der Waals surface area contributed by atoms with Crippen molar-refractivity contribution in [2.24, 2.45) is 5.92 Å². The van der Waals surface area contributed by atoms with Crippen LogP contribution in [-0.2, 0) is 14.8 Å². The fraction of sp³-hybridized carbons (Fsp3) is 0.611. The lowest BCUT2D eigenvalue weighted by molar-refractivity contribution is -0.120. The van der Waals surface area contributed by atoms with Gasteiger partial charge in [-0.1, -0.05) is 13.3 Å². The number of hydrogen-bond acceptors (Lipinski definition) is 4. The molecule has 1 aromatic carbocycles. The fourth-order valence-electron chi connectivity index (χ4n) is 2.90. The van der Waals surface area contributed by atoms with Crippen molar-refractivity contribution in [2.75, 3.05) is 30.8 Å². The van der Waals surface area contributed by atoms with Gasteiger partial charge in [0.15, 0.2) is 0 Å². The van der Waals surface area contributed by atoms with Crippen molar-refractivity contribution >= 4 is 21.6 Å². The maximum atomic E-state index is 12.4. The summed E-state index contributed by atoms with van der Waals surface area (Å²) in [5.74, 6) is 0.775. The second-order valence-corrected chi connectivity index (χ2v) is 8.38. The predicted molar refractivity (Wildman–Crippen MR) is 99.2 cm³/mol. The highest BCUT2D eigenvalue weighted by atomic mass is 32.2. The average Bonchev–Trinajstić information content (AvgIpc) is 2.62. The number of unbranched alkanes of at least 4 members (excludes halogenated alkanes) is 1. The second kappa shape index (κ2) is 9.20. The van der Waals surface area contributed by atoms with Crippen molar-refractivity contribution in [1.29, 1.82) is 0 Å². The van der Waals surface area contributed by atoms with Gasteiger partial charge in [0.1, 0.15) is 5.75 Å². The summed E-state index contributed by atoms with van der Waals surface area (Å²) in [6, 6.07) is 7.27. The first-order chi connectivity index (χ1) is 12.0. The molecule has 7 heteroatoms. The topological polar surface area (TPSA) is 75.7 Å². The van der Waals surface area contributed by atoms with Crippen LogP contribution in [0.1, 0.15) is 39.5 Å². The van der Waals surface area contributed by atoms with E-state index in [-0.39, 0.29) is 17.6 Å². The zero-order chi connectivity index (χ0) is 18.3. The SMILES string of the molecule is CCCCS(=O)(=O)N1CCC(C(=O)Nc2ccc(OCC)cc2)CC1. The third-order valence-corrected chi connectivity index (χ3v) is 6.36. The molecule has 0 bridgehead atoms. The van der Waals surface area contributed by atoms with Crippen LogP contribution < -0.4 is 10.1 Å². The molecule has 1 amide bonds.